The van der Waals surface area contributed by atoms with E-state index in [4.69, 9.17) is 0 Å². The van der Waals surface area contributed by atoms with Crippen molar-refractivity contribution >= 4 is 29.2 Å². The van der Waals surface area contributed by atoms with Crippen LogP contribution >= 0.6 is 0 Å². The van der Waals surface area contributed by atoms with Gasteiger partial charge in [-0.3, -0.25) is 14.9 Å². The molecule has 5 rings (SSSR count). The van der Waals surface area contributed by atoms with Crippen LogP contribution in [-0.2, 0) is 16.0 Å². The first-order valence-electron chi connectivity index (χ1n) is 9.22. The molecule has 3 aliphatic heterocycles. The predicted molar refractivity (Wildman–Crippen MR) is 100 cm³/mol. The molecule has 6 heteroatoms. The van der Waals surface area contributed by atoms with E-state index in [0.717, 1.165) is 35.5 Å². The molecule has 2 saturated heterocycles. The van der Waals surface area contributed by atoms with Crippen LogP contribution < -0.4 is 15.1 Å². The van der Waals surface area contributed by atoms with E-state index in [1.165, 1.54) is 0 Å². The molecule has 4 amide bonds. The maximum atomic E-state index is 13.7. The van der Waals surface area contributed by atoms with Gasteiger partial charge in [-0.15, -0.1) is 0 Å². The summed E-state index contributed by atoms with van der Waals surface area (Å²) in [7, 11) is 0. The van der Waals surface area contributed by atoms with Crippen molar-refractivity contribution in [2.45, 2.75) is 25.3 Å². The number of urea groups is 1. The molecule has 0 unspecified atom stereocenters. The minimum atomic E-state index is -1.28. The minimum absolute atomic E-state index is 0.237. The molecule has 0 saturated carbocycles. The normalized spacial score (nSPS) is 26.8. The summed E-state index contributed by atoms with van der Waals surface area (Å²) in [5, 5.41) is 2.46. The molecule has 3 heterocycles. The van der Waals surface area contributed by atoms with Crippen LogP contribution in [0, 0.1) is 5.41 Å². The molecule has 1 N–H and O–H groups in total. The molecular weight excluding hydrogens is 342 g/mol. The zero-order valence-electron chi connectivity index (χ0n) is 14.7. The number of imide groups is 2. The van der Waals surface area contributed by atoms with Gasteiger partial charge in [0.1, 0.15) is 0 Å². The molecule has 0 aliphatic carbocycles. The van der Waals surface area contributed by atoms with Crippen LogP contribution in [0.2, 0.25) is 0 Å². The van der Waals surface area contributed by atoms with Crippen LogP contribution in [0.5, 0.6) is 0 Å². The summed E-state index contributed by atoms with van der Waals surface area (Å²) in [5.41, 5.74) is 1.26. The summed E-state index contributed by atoms with van der Waals surface area (Å²) in [6.45, 7) is 0.809. The summed E-state index contributed by atoms with van der Waals surface area (Å²) in [6, 6.07) is 15.8. The maximum absolute atomic E-state index is 13.7. The molecular formula is C21H19N3O3. The molecule has 2 aromatic carbocycles. The lowest BCUT2D eigenvalue weighted by molar-refractivity contribution is -0.144. The van der Waals surface area contributed by atoms with Crippen LogP contribution in [-0.4, -0.2) is 30.4 Å². The Balaban J connectivity index is 1.67. The highest BCUT2D eigenvalue weighted by Gasteiger charge is 2.62. The minimum Gasteiger partial charge on any atom is -0.367 e. The summed E-state index contributed by atoms with van der Waals surface area (Å²) in [5.74, 6) is -0.898. The molecule has 3 aliphatic rings. The lowest BCUT2D eigenvalue weighted by Crippen LogP contribution is -2.71. The summed E-state index contributed by atoms with van der Waals surface area (Å²) in [4.78, 5) is 42.7. The van der Waals surface area contributed by atoms with Crippen LogP contribution in [0.4, 0.5) is 16.2 Å². The average Bonchev–Trinajstić information content (AvgIpc) is 3.18. The van der Waals surface area contributed by atoms with Crippen molar-refractivity contribution in [3.8, 4) is 0 Å². The number of carbonyl (C=O) groups is 3. The van der Waals surface area contributed by atoms with Gasteiger partial charge in [0.05, 0.1) is 11.7 Å². The highest BCUT2D eigenvalue weighted by atomic mass is 16.2. The van der Waals surface area contributed by atoms with E-state index < -0.39 is 23.3 Å². The Bertz CT molecular complexity index is 958. The van der Waals surface area contributed by atoms with Crippen molar-refractivity contribution < 1.29 is 14.4 Å². The van der Waals surface area contributed by atoms with Gasteiger partial charge < -0.3 is 4.90 Å². The molecule has 2 atom stereocenters. The van der Waals surface area contributed by atoms with E-state index in [-0.39, 0.29) is 6.04 Å². The average molecular weight is 361 g/mol. The van der Waals surface area contributed by atoms with Gasteiger partial charge >= 0.3 is 6.03 Å². The topological polar surface area (TPSA) is 69.7 Å². The highest BCUT2D eigenvalue weighted by molar-refractivity contribution is 6.30. The zero-order chi connectivity index (χ0) is 18.6. The molecule has 0 bridgehead atoms. The van der Waals surface area contributed by atoms with Crippen molar-refractivity contribution in [2.75, 3.05) is 16.3 Å². The van der Waals surface area contributed by atoms with Crippen molar-refractivity contribution in [3.05, 3.63) is 60.2 Å². The number of hydrogen-bond donors (Lipinski definition) is 1. The number of rotatable bonds is 1. The fourth-order valence-electron chi connectivity index (χ4n) is 4.84. The monoisotopic (exact) mass is 361 g/mol. The summed E-state index contributed by atoms with van der Waals surface area (Å²) in [6.07, 6.45) is 1.98. The second-order valence-corrected chi connectivity index (χ2v) is 7.36. The van der Waals surface area contributed by atoms with Crippen LogP contribution in [0.25, 0.3) is 0 Å². The van der Waals surface area contributed by atoms with Crippen LogP contribution in [0.3, 0.4) is 0 Å². The molecule has 2 aromatic rings. The third-order valence-electron chi connectivity index (χ3n) is 6.02. The Morgan fingerprint density at radius 2 is 1.70 bits per heavy atom. The number of barbiturate groups is 1. The number of benzene rings is 2. The molecule has 0 radical (unpaired) electrons. The highest BCUT2D eigenvalue weighted by Crippen LogP contribution is 2.48. The van der Waals surface area contributed by atoms with Gasteiger partial charge in [0.25, 0.3) is 5.91 Å². The number of fused-ring (bicyclic) bond motifs is 4. The maximum Gasteiger partial charge on any atom is 0.335 e. The quantitative estimate of drug-likeness (QED) is 0.793. The number of para-hydroxylation sites is 2. The molecule has 6 nitrogen and oxygen atoms in total. The molecule has 1 spiro atoms. The lowest BCUT2D eigenvalue weighted by atomic mass is 9.68. The third kappa shape index (κ3) is 2.10. The molecule has 27 heavy (non-hydrogen) atoms. The molecule has 136 valence electrons. The van der Waals surface area contributed by atoms with Gasteiger partial charge in [0.2, 0.25) is 5.91 Å². The Hall–Kier alpha value is -3.15. The number of anilines is 2. The van der Waals surface area contributed by atoms with Crippen molar-refractivity contribution in [3.63, 3.8) is 0 Å². The number of amides is 4. The number of carbonyl (C=O) groups excluding carboxylic acids is 3. The SMILES string of the molecule is O=C1NC(=O)[C@]2(Cc3ccccc3N3CCC[C@@H]32)C(=O)N1c1ccccc1. The Morgan fingerprint density at radius 3 is 2.52 bits per heavy atom. The van der Waals surface area contributed by atoms with E-state index in [2.05, 4.69) is 10.2 Å². The van der Waals surface area contributed by atoms with Gasteiger partial charge in [0.15, 0.2) is 5.41 Å². The van der Waals surface area contributed by atoms with E-state index in [1.807, 2.05) is 30.3 Å². The first kappa shape index (κ1) is 16.1. The van der Waals surface area contributed by atoms with Crippen molar-refractivity contribution in [2.24, 2.45) is 5.41 Å². The van der Waals surface area contributed by atoms with Gasteiger partial charge in [-0.25, -0.2) is 9.69 Å². The van der Waals surface area contributed by atoms with Gasteiger partial charge in [-0.1, -0.05) is 36.4 Å². The Kier molecular flexibility index (Phi) is 3.37. The number of nitrogens with zero attached hydrogens (tertiary/aromatic N) is 2. The summed E-state index contributed by atoms with van der Waals surface area (Å²) < 4.78 is 0. The molecule has 0 aromatic heterocycles. The largest absolute Gasteiger partial charge is 0.367 e. The zero-order valence-corrected chi connectivity index (χ0v) is 14.7. The Morgan fingerprint density at radius 1 is 0.963 bits per heavy atom. The fourth-order valence-corrected chi connectivity index (χ4v) is 4.84. The van der Waals surface area contributed by atoms with E-state index in [0.29, 0.717) is 12.1 Å². The second kappa shape index (κ2) is 5.67. The van der Waals surface area contributed by atoms with Crippen molar-refractivity contribution in [1.29, 1.82) is 0 Å². The van der Waals surface area contributed by atoms with Crippen LogP contribution in [0.1, 0.15) is 18.4 Å². The lowest BCUT2D eigenvalue weighted by Gasteiger charge is -2.49. The van der Waals surface area contributed by atoms with E-state index in [9.17, 15) is 14.4 Å². The van der Waals surface area contributed by atoms with Crippen molar-refractivity contribution in [1.82, 2.24) is 5.32 Å². The third-order valence-corrected chi connectivity index (χ3v) is 6.02. The number of nitrogens with one attached hydrogen (secondary N) is 1. The van der Waals surface area contributed by atoms with E-state index >= 15 is 0 Å². The smallest absolute Gasteiger partial charge is 0.335 e. The van der Waals surface area contributed by atoms with Gasteiger partial charge in [-0.2, -0.15) is 0 Å². The first-order chi connectivity index (χ1) is 13.1. The summed E-state index contributed by atoms with van der Waals surface area (Å²) >= 11 is 0. The van der Waals surface area contributed by atoms with Gasteiger partial charge in [0, 0.05) is 12.2 Å². The standard InChI is InChI=1S/C21H19N3O3/c25-18-21(19(26)24(20(27)22-18)15-8-2-1-3-9-15)13-14-7-4-5-10-16(14)23-12-6-11-17(21)23/h1-5,7-10,17H,6,11-13H2,(H,22,25,27)/t17-,21-/m1/s1. The van der Waals surface area contributed by atoms with Gasteiger partial charge in [-0.05, 0) is 43.0 Å². The first-order valence-corrected chi connectivity index (χ1v) is 9.22. The Labute approximate surface area is 156 Å². The molecule has 2 fully saturated rings. The van der Waals surface area contributed by atoms with E-state index in [1.54, 1.807) is 24.3 Å². The number of hydrogen-bond acceptors (Lipinski definition) is 4. The fraction of sp³-hybridized carbons (Fsp3) is 0.286. The second-order valence-electron chi connectivity index (χ2n) is 7.36. The predicted octanol–water partition coefficient (Wildman–Crippen LogP) is 2.48. The van der Waals surface area contributed by atoms with Crippen LogP contribution in [0.15, 0.2) is 54.6 Å².